The number of hydrogen-bond donors (Lipinski definition) is 1. The van der Waals surface area contributed by atoms with E-state index in [4.69, 9.17) is 9.41 Å². The summed E-state index contributed by atoms with van der Waals surface area (Å²) in [7, 11) is 2.20. The van der Waals surface area contributed by atoms with Gasteiger partial charge in [0.15, 0.2) is 0 Å². The van der Waals surface area contributed by atoms with E-state index in [0.29, 0.717) is 0 Å². The largest absolute Gasteiger partial charge is 0.456 e. The Morgan fingerprint density at radius 2 is 1.38 bits per heavy atom. The van der Waals surface area contributed by atoms with Crippen LogP contribution < -0.4 is 15.1 Å². The fourth-order valence-corrected chi connectivity index (χ4v) is 10.8. The smallest absolute Gasteiger partial charge is 0.137 e. The highest BCUT2D eigenvalue weighted by atomic mass is 32.1. The van der Waals surface area contributed by atoms with Gasteiger partial charge in [-0.15, -0.1) is 11.3 Å². The predicted molar refractivity (Wildman–Crippen MR) is 242 cm³/mol. The third kappa shape index (κ3) is 5.15. The molecule has 0 spiro atoms. The van der Waals surface area contributed by atoms with Crippen molar-refractivity contribution in [1.82, 2.24) is 14.8 Å². The van der Waals surface area contributed by atoms with Crippen molar-refractivity contribution in [2.24, 2.45) is 10.9 Å². The Morgan fingerprint density at radius 1 is 0.655 bits per heavy atom. The fraction of sp³-hybridized carbons (Fsp3) is 0.0962. The Bertz CT molecular complexity index is 3340. The van der Waals surface area contributed by atoms with E-state index in [1.807, 2.05) is 11.3 Å². The number of benzene rings is 7. The van der Waals surface area contributed by atoms with Crippen LogP contribution in [0.4, 0.5) is 0 Å². The van der Waals surface area contributed by atoms with Gasteiger partial charge >= 0.3 is 0 Å². The summed E-state index contributed by atoms with van der Waals surface area (Å²) in [5.41, 5.74) is 10.0. The van der Waals surface area contributed by atoms with Gasteiger partial charge in [-0.25, -0.2) is 4.99 Å². The summed E-state index contributed by atoms with van der Waals surface area (Å²) in [6.07, 6.45) is 5.84. The van der Waals surface area contributed by atoms with Crippen molar-refractivity contribution in [1.29, 1.82) is 0 Å². The molecule has 3 aromatic heterocycles. The summed E-state index contributed by atoms with van der Waals surface area (Å²) in [5, 5.41) is 11.2. The van der Waals surface area contributed by atoms with Crippen molar-refractivity contribution in [3.8, 4) is 16.8 Å². The second-order valence-electron chi connectivity index (χ2n) is 15.5. The van der Waals surface area contributed by atoms with Crippen LogP contribution in [-0.2, 0) is 0 Å². The molecule has 10 aromatic rings. The van der Waals surface area contributed by atoms with Gasteiger partial charge < -0.3 is 14.3 Å². The summed E-state index contributed by atoms with van der Waals surface area (Å²) in [6.45, 7) is 0. The van der Waals surface area contributed by atoms with Gasteiger partial charge in [0.05, 0.1) is 22.1 Å². The van der Waals surface area contributed by atoms with Gasteiger partial charge in [0, 0.05) is 42.3 Å². The van der Waals surface area contributed by atoms with Crippen LogP contribution in [0.3, 0.4) is 0 Å². The number of nitrogens with zero attached hydrogens (tertiary/aromatic N) is 3. The van der Waals surface area contributed by atoms with Crippen LogP contribution in [0.5, 0.6) is 0 Å². The van der Waals surface area contributed by atoms with Gasteiger partial charge in [-0.2, -0.15) is 0 Å². The quantitative estimate of drug-likeness (QED) is 0.190. The number of amidine groups is 1. The van der Waals surface area contributed by atoms with Gasteiger partial charge in [-0.3, -0.25) is 4.90 Å². The highest BCUT2D eigenvalue weighted by Gasteiger charge is 2.35. The minimum absolute atomic E-state index is 0.00827. The summed E-state index contributed by atoms with van der Waals surface area (Å²) in [5.74, 6) is 1.16. The SMILES string of the molecule is CN1C(c2ccccc2)NC(c2ccccc2)=NC1C1C=c2sc3cccc(-c4ccc5c(c4)oc4cccc(-n6c7ccccc7c7ccccc76)c45)c3c2=CC1. The Labute approximate surface area is 339 Å². The number of furan rings is 1. The summed E-state index contributed by atoms with van der Waals surface area (Å²) >= 11 is 1.89. The van der Waals surface area contributed by atoms with Gasteiger partial charge in [-0.1, -0.05) is 133 Å². The topological polar surface area (TPSA) is 45.7 Å². The molecule has 0 saturated heterocycles. The predicted octanol–water partition coefficient (Wildman–Crippen LogP) is 11.2. The molecular formula is C52H38N4OS. The first kappa shape index (κ1) is 33.4. The number of rotatable bonds is 5. The van der Waals surface area contributed by atoms with E-state index in [0.717, 1.165) is 51.0 Å². The lowest BCUT2D eigenvalue weighted by Crippen LogP contribution is -2.52. The Kier molecular flexibility index (Phi) is 7.59. The van der Waals surface area contributed by atoms with Crippen molar-refractivity contribution in [2.45, 2.75) is 18.8 Å². The lowest BCUT2D eigenvalue weighted by molar-refractivity contribution is 0.127. The Balaban J connectivity index is 0.960. The van der Waals surface area contributed by atoms with Crippen LogP contribution in [0.25, 0.3) is 82.8 Å². The molecule has 7 aromatic carbocycles. The van der Waals surface area contributed by atoms with Crippen molar-refractivity contribution >= 4 is 83.2 Å². The average molecular weight is 767 g/mol. The second kappa shape index (κ2) is 13.2. The first-order valence-electron chi connectivity index (χ1n) is 20.0. The number of para-hydroxylation sites is 2. The molecule has 1 N–H and O–H groups in total. The van der Waals surface area contributed by atoms with Gasteiger partial charge in [0.2, 0.25) is 0 Å². The molecule has 2 aliphatic rings. The van der Waals surface area contributed by atoms with Crippen LogP contribution >= 0.6 is 11.3 Å². The van der Waals surface area contributed by atoms with Crippen LogP contribution in [-0.4, -0.2) is 28.5 Å². The van der Waals surface area contributed by atoms with Gasteiger partial charge in [-0.05, 0) is 77.8 Å². The van der Waals surface area contributed by atoms with E-state index in [2.05, 4.69) is 198 Å². The third-order valence-electron chi connectivity index (χ3n) is 12.3. The zero-order chi connectivity index (χ0) is 38.3. The fourth-order valence-electron chi connectivity index (χ4n) is 9.57. The third-order valence-corrected chi connectivity index (χ3v) is 13.4. The monoisotopic (exact) mass is 766 g/mol. The summed E-state index contributed by atoms with van der Waals surface area (Å²) in [6, 6.07) is 58.5. The molecule has 278 valence electrons. The van der Waals surface area contributed by atoms with Crippen molar-refractivity contribution < 1.29 is 4.42 Å². The maximum absolute atomic E-state index is 6.71. The molecule has 58 heavy (non-hydrogen) atoms. The number of fused-ring (bicyclic) bond motifs is 9. The van der Waals surface area contributed by atoms with Crippen LogP contribution in [0.15, 0.2) is 173 Å². The van der Waals surface area contributed by atoms with Crippen molar-refractivity contribution in [3.63, 3.8) is 0 Å². The highest BCUT2D eigenvalue weighted by Crippen LogP contribution is 2.40. The lowest BCUT2D eigenvalue weighted by atomic mass is 9.93. The Morgan fingerprint density at radius 3 is 2.17 bits per heavy atom. The molecule has 0 saturated carbocycles. The van der Waals surface area contributed by atoms with Crippen LogP contribution in [0.2, 0.25) is 0 Å². The number of hydrogen-bond acceptors (Lipinski definition) is 5. The second-order valence-corrected chi connectivity index (χ2v) is 16.6. The molecule has 1 aliphatic heterocycles. The van der Waals surface area contributed by atoms with Gasteiger partial charge in [0.1, 0.15) is 29.3 Å². The molecule has 3 atom stereocenters. The van der Waals surface area contributed by atoms with E-state index in [-0.39, 0.29) is 18.2 Å². The summed E-state index contributed by atoms with van der Waals surface area (Å²) < 4.78 is 11.7. The number of thiophene rings is 1. The molecular weight excluding hydrogens is 729 g/mol. The lowest BCUT2D eigenvalue weighted by Gasteiger charge is -2.41. The van der Waals surface area contributed by atoms with Crippen molar-refractivity contribution in [3.05, 3.63) is 185 Å². The molecule has 1 aliphatic carbocycles. The number of aromatic nitrogens is 1. The molecule has 0 radical (unpaired) electrons. The summed E-state index contributed by atoms with van der Waals surface area (Å²) in [4.78, 5) is 7.79. The van der Waals surface area contributed by atoms with Gasteiger partial charge in [0.25, 0.3) is 0 Å². The van der Waals surface area contributed by atoms with E-state index >= 15 is 0 Å². The van der Waals surface area contributed by atoms with Crippen molar-refractivity contribution in [2.75, 3.05) is 7.05 Å². The van der Waals surface area contributed by atoms with Crippen LogP contribution in [0.1, 0.15) is 23.7 Å². The molecule has 12 rings (SSSR count). The first-order chi connectivity index (χ1) is 28.7. The minimum Gasteiger partial charge on any atom is -0.456 e. The molecule has 0 amide bonds. The van der Waals surface area contributed by atoms with E-state index in [1.54, 1.807) is 0 Å². The molecule has 5 nitrogen and oxygen atoms in total. The standard InChI is InChI=1S/C52H38N4OS/c1-55-51(33-16-6-3-7-17-33)53-50(32-14-4-2-5-15-32)54-52(55)35-27-29-40-47(31-35)58-46-25-12-20-36(48(40)46)34-26-28-39-45(30-34)57-44-24-13-23-43(49(39)44)56-41-21-10-8-18-37(41)38-19-9-11-22-42(38)56/h2-26,28-31,35,51-52H,27H2,1H3,(H,53,54). The Hall–Kier alpha value is -6.73. The molecule has 0 fully saturated rings. The highest BCUT2D eigenvalue weighted by molar-refractivity contribution is 7.17. The molecule has 0 bridgehead atoms. The van der Waals surface area contributed by atoms with E-state index in [9.17, 15) is 0 Å². The normalized spacial score (nSPS) is 18.3. The average Bonchev–Trinajstić information content (AvgIpc) is 3.96. The van der Waals surface area contributed by atoms with Crippen LogP contribution in [0, 0.1) is 5.92 Å². The number of nitrogens with one attached hydrogen (secondary N) is 1. The number of aliphatic imine (C=N–C) groups is 1. The maximum atomic E-state index is 6.71. The molecule has 4 heterocycles. The maximum Gasteiger partial charge on any atom is 0.137 e. The molecule has 3 unspecified atom stereocenters. The first-order valence-corrected chi connectivity index (χ1v) is 20.8. The minimum atomic E-state index is -0.0290. The van der Waals surface area contributed by atoms with E-state index < -0.39 is 0 Å². The molecule has 6 heteroatoms. The van der Waals surface area contributed by atoms with E-state index in [1.165, 1.54) is 52.8 Å². The zero-order valence-corrected chi connectivity index (χ0v) is 32.7. The zero-order valence-electron chi connectivity index (χ0n) is 31.8.